The van der Waals surface area contributed by atoms with Crippen LogP contribution in [0.5, 0.6) is 11.5 Å². The summed E-state index contributed by atoms with van der Waals surface area (Å²) in [5.41, 5.74) is 3.97. The number of nitrogens with zero attached hydrogens (tertiary/aromatic N) is 2. The molecule has 1 aromatic heterocycles. The Morgan fingerprint density at radius 1 is 0.951 bits per heavy atom. The van der Waals surface area contributed by atoms with Gasteiger partial charge in [-0.1, -0.05) is 6.07 Å². The number of methoxy groups -OCH3 is 1. The predicted octanol–water partition coefficient (Wildman–Crippen LogP) is -2.88. The van der Waals surface area contributed by atoms with E-state index in [1.54, 1.807) is 6.07 Å². The van der Waals surface area contributed by atoms with Gasteiger partial charge < -0.3 is 36.5 Å². The number of aryl methyl sites for hydroxylation is 1. The number of rotatable bonds is 3. The number of benzene rings is 1. The summed E-state index contributed by atoms with van der Waals surface area (Å²) >= 11 is 0. The average molecular weight is 557 g/mol. The first-order valence-corrected chi connectivity index (χ1v) is 12.0. The normalized spacial score (nSPS) is 17.6. The second-order valence-corrected chi connectivity index (χ2v) is 9.71. The van der Waals surface area contributed by atoms with Crippen LogP contribution in [0.25, 0.3) is 22.3 Å². The van der Waals surface area contributed by atoms with Crippen molar-refractivity contribution in [3.63, 3.8) is 0 Å². The van der Waals surface area contributed by atoms with Crippen molar-refractivity contribution in [1.29, 1.82) is 0 Å². The van der Waals surface area contributed by atoms with Gasteiger partial charge in [-0.05, 0) is 29.9 Å². The molecular formula is C27H19N5O9. The highest BCUT2D eigenvalue weighted by Gasteiger charge is 2.53. The van der Waals surface area contributed by atoms with Gasteiger partial charge in [0.05, 0.1) is 45.3 Å². The van der Waals surface area contributed by atoms with Crippen molar-refractivity contribution >= 4 is 34.5 Å². The fourth-order valence-corrected chi connectivity index (χ4v) is 6.00. The van der Waals surface area contributed by atoms with Gasteiger partial charge in [-0.25, -0.2) is 0 Å². The number of nitrogens with two attached hydrogens (primary N) is 2. The van der Waals surface area contributed by atoms with E-state index in [0.29, 0.717) is 5.56 Å². The summed E-state index contributed by atoms with van der Waals surface area (Å²) in [6, 6.07) is 3.81. The molecule has 2 aromatic rings. The largest absolute Gasteiger partial charge is 0.510 e. The average Bonchev–Trinajstić information content (AvgIpc) is 3.40. The third-order valence-electron chi connectivity index (χ3n) is 7.64. The first-order chi connectivity index (χ1) is 19.4. The molecule has 206 valence electrons. The van der Waals surface area contributed by atoms with Crippen LogP contribution in [-0.2, 0) is 11.8 Å². The minimum atomic E-state index is -1.98. The van der Waals surface area contributed by atoms with Gasteiger partial charge in [-0.2, -0.15) is 5.10 Å². The molecule has 8 N–H and O–H groups in total. The zero-order valence-electron chi connectivity index (χ0n) is 21.1. The van der Waals surface area contributed by atoms with Crippen LogP contribution in [0.2, 0.25) is 0 Å². The Kier molecular flexibility index (Phi) is 5.19. The monoisotopic (exact) mass is 557 g/mol. The minimum absolute atomic E-state index is 0.0891. The number of aliphatic hydroxyl groups is 2. The van der Waals surface area contributed by atoms with Gasteiger partial charge >= 0.3 is 0 Å². The van der Waals surface area contributed by atoms with Crippen molar-refractivity contribution in [2.24, 2.45) is 21.7 Å². The Hall–Kier alpha value is -5.79. The molecule has 0 saturated heterocycles. The maximum Gasteiger partial charge on any atom is 0.260 e. The Morgan fingerprint density at radius 2 is 1.61 bits per heavy atom. The van der Waals surface area contributed by atoms with E-state index >= 15 is 0 Å². The number of hydrogen-bond donors (Lipinski definition) is 6. The van der Waals surface area contributed by atoms with Crippen molar-refractivity contribution in [3.05, 3.63) is 107 Å². The van der Waals surface area contributed by atoms with Crippen LogP contribution in [-0.4, -0.2) is 39.6 Å². The Bertz CT molecular complexity index is 2420. The smallest absolute Gasteiger partial charge is 0.260 e. The number of ether oxygens (including phenoxy) is 1. The summed E-state index contributed by atoms with van der Waals surface area (Å²) in [6.45, 7) is 0. The Morgan fingerprint density at radius 3 is 2.24 bits per heavy atom. The standard InChI is InChI=1S/C27H19N5O9/c1-41-12-6-11(33)14-15(19(12)34)21(36)17-16(20(14)35)23(38)27(24(17)39)3-2-8-4-9-5-10(7-30-32-26(28)29)31-25(40)13(9)22(37)18(8)27/h4-7,37-39H,2-3H2,1H3,(H,31,40)(H4,28,29,32). The van der Waals surface area contributed by atoms with Gasteiger partial charge in [0.25, 0.3) is 5.56 Å². The van der Waals surface area contributed by atoms with E-state index < -0.39 is 76.6 Å². The first-order valence-electron chi connectivity index (χ1n) is 12.0. The summed E-state index contributed by atoms with van der Waals surface area (Å²) < 4.78 is 4.88. The number of nitrogens with one attached hydrogen (secondary N) is 1. The molecule has 1 spiro atoms. The van der Waals surface area contributed by atoms with E-state index in [1.807, 2.05) is 0 Å². The molecular weight excluding hydrogens is 538 g/mol. The summed E-state index contributed by atoms with van der Waals surface area (Å²) in [6.07, 6.45) is 1.21. The zero-order valence-corrected chi connectivity index (χ0v) is 21.1. The quantitative estimate of drug-likeness (QED) is 0.0848. The summed E-state index contributed by atoms with van der Waals surface area (Å²) in [4.78, 5) is 68.2. The first kappa shape index (κ1) is 25.5. The molecule has 0 amide bonds. The maximum absolute atomic E-state index is 13.5. The highest BCUT2D eigenvalue weighted by atomic mass is 16.5. The van der Waals surface area contributed by atoms with Crippen molar-refractivity contribution in [2.75, 3.05) is 7.11 Å². The molecule has 0 fully saturated rings. The number of H-pyrrole nitrogens is 1. The molecule has 0 saturated carbocycles. The molecule has 4 aliphatic rings. The van der Waals surface area contributed by atoms with Crippen molar-refractivity contribution in [1.82, 2.24) is 4.98 Å². The van der Waals surface area contributed by atoms with Crippen LogP contribution in [0, 0.1) is 10.4 Å². The van der Waals surface area contributed by atoms with Crippen LogP contribution in [0.15, 0.2) is 52.4 Å². The van der Waals surface area contributed by atoms with E-state index in [-0.39, 0.29) is 40.8 Å². The molecule has 1 aromatic carbocycles. The molecule has 41 heavy (non-hydrogen) atoms. The lowest BCUT2D eigenvalue weighted by Gasteiger charge is -2.27. The third-order valence-corrected chi connectivity index (χ3v) is 7.64. The Labute approximate surface area is 225 Å². The SMILES string of the molecule is COc1cc(=O)c2c(=O)c3c(c(=O)c=2c1=O)=C(O)C1(CCc2cc4cc(C=NN=C(N)N)[nH]c(=O)c4c(O)c21)C=3O. The lowest BCUT2D eigenvalue weighted by Crippen LogP contribution is -2.51. The van der Waals surface area contributed by atoms with Crippen LogP contribution in [0.3, 0.4) is 0 Å². The fraction of sp³-hybridized carbons (Fsp3) is 0.148. The number of hydrogen-bond acceptors (Lipinski definition) is 11. The topological polar surface area (TPSA) is 248 Å². The highest BCUT2D eigenvalue weighted by Crippen LogP contribution is 2.54. The number of fused-ring (bicyclic) bond motifs is 4. The molecule has 1 unspecified atom stereocenters. The van der Waals surface area contributed by atoms with E-state index in [4.69, 9.17) is 16.2 Å². The van der Waals surface area contributed by atoms with Crippen molar-refractivity contribution in [2.45, 2.75) is 18.3 Å². The second-order valence-electron chi connectivity index (χ2n) is 9.71. The number of phenolic OH excluding ortho intramolecular Hbond substituents is 1. The summed E-state index contributed by atoms with van der Waals surface area (Å²) in [5, 5.41) is 38.7. The predicted molar refractivity (Wildman–Crippen MR) is 147 cm³/mol. The van der Waals surface area contributed by atoms with Gasteiger partial charge in [0.15, 0.2) is 11.2 Å². The van der Waals surface area contributed by atoms with Crippen LogP contribution in [0.4, 0.5) is 0 Å². The molecule has 4 aliphatic carbocycles. The van der Waals surface area contributed by atoms with E-state index in [0.717, 1.165) is 13.2 Å². The number of phenols is 1. The molecule has 6 rings (SSSR count). The summed E-state index contributed by atoms with van der Waals surface area (Å²) in [5.74, 6) is -2.93. The highest BCUT2D eigenvalue weighted by molar-refractivity contribution is 5.96. The molecule has 0 aliphatic heterocycles. The molecule has 1 heterocycles. The number of pyridine rings is 1. The number of aromatic nitrogens is 1. The maximum atomic E-state index is 13.5. The van der Waals surface area contributed by atoms with Gasteiger partial charge in [-0.15, -0.1) is 5.10 Å². The fourth-order valence-electron chi connectivity index (χ4n) is 6.00. The number of guanidine groups is 1. The lowest BCUT2D eigenvalue weighted by molar-refractivity contribution is 0.362. The van der Waals surface area contributed by atoms with Crippen molar-refractivity contribution in [3.8, 4) is 11.5 Å². The Balaban J connectivity index is 1.72. The molecule has 0 bridgehead atoms. The molecule has 0 radical (unpaired) electrons. The van der Waals surface area contributed by atoms with E-state index in [1.165, 1.54) is 12.3 Å². The van der Waals surface area contributed by atoms with Gasteiger partial charge in [-0.3, -0.25) is 24.0 Å². The van der Waals surface area contributed by atoms with E-state index in [2.05, 4.69) is 15.2 Å². The number of aromatic hydroxyl groups is 1. The zero-order chi connectivity index (χ0) is 29.5. The van der Waals surface area contributed by atoms with E-state index in [9.17, 15) is 39.3 Å². The van der Waals surface area contributed by atoms with Gasteiger partial charge in [0.2, 0.25) is 22.2 Å². The third kappa shape index (κ3) is 3.15. The summed E-state index contributed by atoms with van der Waals surface area (Å²) in [7, 11) is 1.11. The van der Waals surface area contributed by atoms with Gasteiger partial charge in [0.1, 0.15) is 22.7 Å². The lowest BCUT2D eigenvalue weighted by atomic mass is 9.78. The second kappa shape index (κ2) is 8.35. The molecule has 14 nitrogen and oxygen atoms in total. The number of aliphatic hydroxyl groups excluding tert-OH is 2. The molecule has 1 atom stereocenters. The van der Waals surface area contributed by atoms with Crippen LogP contribution < -0.4 is 53.9 Å². The van der Waals surface area contributed by atoms with Crippen LogP contribution >= 0.6 is 0 Å². The van der Waals surface area contributed by atoms with Crippen molar-refractivity contribution < 1.29 is 20.1 Å². The minimum Gasteiger partial charge on any atom is -0.510 e. The number of aromatic amines is 1. The molecule has 14 heteroatoms. The van der Waals surface area contributed by atoms with Gasteiger partial charge in [0, 0.05) is 11.6 Å². The van der Waals surface area contributed by atoms with Crippen LogP contribution in [0.1, 0.15) is 23.2 Å².